The van der Waals surface area contributed by atoms with Gasteiger partial charge in [0.05, 0.1) is 11.9 Å². The van der Waals surface area contributed by atoms with Crippen molar-refractivity contribution >= 4 is 0 Å². The number of aromatic amines is 1. The van der Waals surface area contributed by atoms with Crippen LogP contribution in [-0.4, -0.2) is 23.1 Å². The van der Waals surface area contributed by atoms with E-state index in [0.717, 1.165) is 43.0 Å². The lowest BCUT2D eigenvalue weighted by Gasteiger charge is -2.20. The third-order valence-corrected chi connectivity index (χ3v) is 3.46. The van der Waals surface area contributed by atoms with Crippen molar-refractivity contribution in [2.75, 3.05) is 13.1 Å². The van der Waals surface area contributed by atoms with Crippen LogP contribution in [0.25, 0.3) is 11.3 Å². The Kier molecular flexibility index (Phi) is 3.11. The summed E-state index contributed by atoms with van der Waals surface area (Å²) in [4.78, 5) is 7.76. The third-order valence-electron chi connectivity index (χ3n) is 3.46. The molecule has 0 atom stereocenters. The summed E-state index contributed by atoms with van der Waals surface area (Å²) < 4.78 is 13.2. The minimum Gasteiger partial charge on any atom is -0.342 e. The largest absolute Gasteiger partial charge is 0.342 e. The predicted octanol–water partition coefficient (Wildman–Crippen LogP) is 2.68. The van der Waals surface area contributed by atoms with Crippen LogP contribution >= 0.6 is 0 Å². The summed E-state index contributed by atoms with van der Waals surface area (Å²) in [5, 5.41) is 3.34. The first-order valence-corrected chi connectivity index (χ1v) is 6.34. The Hall–Kier alpha value is -1.68. The molecule has 94 valence electrons. The number of aromatic nitrogens is 2. The molecule has 0 unspecified atom stereocenters. The Morgan fingerprint density at radius 1 is 1.22 bits per heavy atom. The summed E-state index contributed by atoms with van der Waals surface area (Å²) in [6.07, 6.45) is 4.01. The second-order valence-corrected chi connectivity index (χ2v) is 4.72. The van der Waals surface area contributed by atoms with E-state index in [1.807, 2.05) is 6.07 Å². The van der Waals surface area contributed by atoms with Crippen molar-refractivity contribution in [2.24, 2.45) is 0 Å². The maximum absolute atomic E-state index is 13.2. The standard InChI is InChI=1S/C14H16FN3/c15-12-3-1-2-11(8-12)13-9-17-14(18-13)10-4-6-16-7-5-10/h1-3,8-10,16H,4-7H2,(H,17,18). The highest BCUT2D eigenvalue weighted by Crippen LogP contribution is 2.25. The summed E-state index contributed by atoms with van der Waals surface area (Å²) in [6.45, 7) is 2.08. The van der Waals surface area contributed by atoms with E-state index in [0.29, 0.717) is 5.92 Å². The van der Waals surface area contributed by atoms with Gasteiger partial charge in [-0.25, -0.2) is 9.37 Å². The molecule has 18 heavy (non-hydrogen) atoms. The smallest absolute Gasteiger partial charge is 0.123 e. The van der Waals surface area contributed by atoms with E-state index < -0.39 is 0 Å². The molecule has 0 amide bonds. The Balaban J connectivity index is 1.84. The zero-order chi connectivity index (χ0) is 12.4. The van der Waals surface area contributed by atoms with Crippen LogP contribution in [0.2, 0.25) is 0 Å². The van der Waals surface area contributed by atoms with Crippen LogP contribution in [0.4, 0.5) is 4.39 Å². The molecule has 1 aromatic heterocycles. The van der Waals surface area contributed by atoms with Crippen molar-refractivity contribution in [1.82, 2.24) is 15.3 Å². The lowest BCUT2D eigenvalue weighted by molar-refractivity contribution is 0.447. The maximum atomic E-state index is 13.2. The predicted molar refractivity (Wildman–Crippen MR) is 68.8 cm³/mol. The first kappa shape index (κ1) is 11.4. The minimum absolute atomic E-state index is 0.217. The highest BCUT2D eigenvalue weighted by molar-refractivity contribution is 5.58. The van der Waals surface area contributed by atoms with Crippen LogP contribution in [-0.2, 0) is 0 Å². The number of H-pyrrole nitrogens is 1. The van der Waals surface area contributed by atoms with Gasteiger partial charge in [-0.05, 0) is 38.1 Å². The Morgan fingerprint density at radius 2 is 2.06 bits per heavy atom. The fourth-order valence-corrected chi connectivity index (χ4v) is 2.44. The first-order valence-electron chi connectivity index (χ1n) is 6.34. The summed E-state index contributed by atoms with van der Waals surface area (Å²) in [6, 6.07) is 6.59. The zero-order valence-corrected chi connectivity index (χ0v) is 10.1. The molecule has 1 fully saturated rings. The first-order chi connectivity index (χ1) is 8.83. The molecule has 3 nitrogen and oxygen atoms in total. The van der Waals surface area contributed by atoms with Crippen LogP contribution in [0.1, 0.15) is 24.6 Å². The SMILES string of the molecule is Fc1cccc(-c2cnc(C3CCNCC3)[nH]2)c1. The molecule has 0 spiro atoms. The van der Waals surface area contributed by atoms with Gasteiger partial charge in [-0.3, -0.25) is 0 Å². The number of nitrogens with one attached hydrogen (secondary N) is 2. The highest BCUT2D eigenvalue weighted by Gasteiger charge is 2.18. The van der Waals surface area contributed by atoms with E-state index in [1.54, 1.807) is 12.3 Å². The fourth-order valence-electron chi connectivity index (χ4n) is 2.44. The van der Waals surface area contributed by atoms with Crippen LogP contribution < -0.4 is 5.32 Å². The molecule has 2 aromatic rings. The Labute approximate surface area is 105 Å². The van der Waals surface area contributed by atoms with Gasteiger partial charge in [-0.15, -0.1) is 0 Å². The van der Waals surface area contributed by atoms with Crippen molar-refractivity contribution in [3.8, 4) is 11.3 Å². The number of nitrogens with zero attached hydrogens (tertiary/aromatic N) is 1. The van der Waals surface area contributed by atoms with Gasteiger partial charge in [0.1, 0.15) is 11.6 Å². The number of imidazole rings is 1. The second-order valence-electron chi connectivity index (χ2n) is 4.72. The average molecular weight is 245 g/mol. The summed E-state index contributed by atoms with van der Waals surface area (Å²) in [5.41, 5.74) is 1.74. The third kappa shape index (κ3) is 2.29. The summed E-state index contributed by atoms with van der Waals surface area (Å²) in [7, 11) is 0. The van der Waals surface area contributed by atoms with Gasteiger partial charge in [0.15, 0.2) is 0 Å². The minimum atomic E-state index is -0.217. The number of hydrogen-bond acceptors (Lipinski definition) is 2. The molecule has 0 aliphatic carbocycles. The second kappa shape index (κ2) is 4.90. The number of rotatable bonds is 2. The van der Waals surface area contributed by atoms with E-state index in [2.05, 4.69) is 15.3 Å². The number of hydrogen-bond donors (Lipinski definition) is 2. The van der Waals surface area contributed by atoms with Crippen LogP contribution in [0, 0.1) is 5.82 Å². The Morgan fingerprint density at radius 3 is 2.83 bits per heavy atom. The number of piperidine rings is 1. The van der Waals surface area contributed by atoms with E-state index in [9.17, 15) is 4.39 Å². The normalized spacial score (nSPS) is 16.9. The van der Waals surface area contributed by atoms with Gasteiger partial charge in [-0.2, -0.15) is 0 Å². The summed E-state index contributed by atoms with van der Waals surface area (Å²) in [5.74, 6) is 1.30. The van der Waals surface area contributed by atoms with Gasteiger partial charge < -0.3 is 10.3 Å². The Bertz CT molecular complexity index is 529. The van der Waals surface area contributed by atoms with Gasteiger partial charge in [-0.1, -0.05) is 12.1 Å². The zero-order valence-electron chi connectivity index (χ0n) is 10.1. The number of benzene rings is 1. The molecule has 0 radical (unpaired) electrons. The molecule has 1 aliphatic heterocycles. The van der Waals surface area contributed by atoms with Crippen LogP contribution in [0.15, 0.2) is 30.5 Å². The molecule has 0 saturated carbocycles. The van der Waals surface area contributed by atoms with Crippen molar-refractivity contribution in [3.05, 3.63) is 42.1 Å². The molecular weight excluding hydrogens is 229 g/mol. The molecule has 2 heterocycles. The lowest BCUT2D eigenvalue weighted by Crippen LogP contribution is -2.27. The van der Waals surface area contributed by atoms with Crippen molar-refractivity contribution in [3.63, 3.8) is 0 Å². The van der Waals surface area contributed by atoms with Crippen LogP contribution in [0.5, 0.6) is 0 Å². The quantitative estimate of drug-likeness (QED) is 0.854. The highest BCUT2D eigenvalue weighted by atomic mass is 19.1. The molecule has 3 rings (SSSR count). The molecule has 0 bridgehead atoms. The number of halogens is 1. The average Bonchev–Trinajstić information content (AvgIpc) is 2.89. The van der Waals surface area contributed by atoms with Crippen LogP contribution in [0.3, 0.4) is 0 Å². The van der Waals surface area contributed by atoms with Gasteiger partial charge in [0.25, 0.3) is 0 Å². The van der Waals surface area contributed by atoms with Gasteiger partial charge in [0, 0.05) is 11.5 Å². The molecule has 1 aromatic carbocycles. The monoisotopic (exact) mass is 245 g/mol. The molecule has 2 N–H and O–H groups in total. The topological polar surface area (TPSA) is 40.7 Å². The van der Waals surface area contributed by atoms with Crippen molar-refractivity contribution in [1.29, 1.82) is 0 Å². The van der Waals surface area contributed by atoms with E-state index in [4.69, 9.17) is 0 Å². The van der Waals surface area contributed by atoms with E-state index in [-0.39, 0.29) is 5.82 Å². The maximum Gasteiger partial charge on any atom is 0.123 e. The van der Waals surface area contributed by atoms with E-state index >= 15 is 0 Å². The molecular formula is C14H16FN3. The lowest BCUT2D eigenvalue weighted by atomic mass is 9.98. The molecule has 4 heteroatoms. The van der Waals surface area contributed by atoms with Gasteiger partial charge >= 0.3 is 0 Å². The van der Waals surface area contributed by atoms with E-state index in [1.165, 1.54) is 12.1 Å². The molecule has 1 aliphatic rings. The molecule has 1 saturated heterocycles. The van der Waals surface area contributed by atoms with Crippen molar-refractivity contribution in [2.45, 2.75) is 18.8 Å². The fraction of sp³-hybridized carbons (Fsp3) is 0.357. The van der Waals surface area contributed by atoms with Crippen molar-refractivity contribution < 1.29 is 4.39 Å². The summed E-state index contributed by atoms with van der Waals surface area (Å²) >= 11 is 0. The van der Waals surface area contributed by atoms with Gasteiger partial charge in [0.2, 0.25) is 0 Å².